The molecule has 7 nitrogen and oxygen atoms in total. The molecule has 0 aliphatic rings. The molecule has 1 atom stereocenters. The predicted octanol–water partition coefficient (Wildman–Crippen LogP) is 3.72. The summed E-state index contributed by atoms with van der Waals surface area (Å²) in [5.74, 6) is 1.78. The third-order valence-corrected chi connectivity index (χ3v) is 5.72. The second kappa shape index (κ2) is 9.43. The lowest BCUT2D eigenvalue weighted by atomic mass is 10.1. The first-order valence-corrected chi connectivity index (χ1v) is 10.1. The van der Waals surface area contributed by atoms with Crippen molar-refractivity contribution in [2.75, 3.05) is 18.2 Å². The number of ether oxygens (including phenoxy) is 1. The van der Waals surface area contributed by atoms with Crippen LogP contribution in [0.3, 0.4) is 0 Å². The maximum atomic E-state index is 12.2. The molecule has 2 aromatic heterocycles. The number of carbonyl (C=O) groups excluding carboxylic acids is 1. The van der Waals surface area contributed by atoms with Crippen LogP contribution in [0, 0.1) is 0 Å². The number of hydrogen-bond acceptors (Lipinski definition) is 8. The molecule has 0 spiro atoms. The number of nitrogens with zero attached hydrogens (tertiary/aromatic N) is 2. The summed E-state index contributed by atoms with van der Waals surface area (Å²) in [7, 11) is 1.62. The Hall–Kier alpha value is -2.52. The van der Waals surface area contributed by atoms with Gasteiger partial charge in [0.05, 0.1) is 31.7 Å². The van der Waals surface area contributed by atoms with E-state index in [2.05, 4.69) is 20.8 Å². The van der Waals surface area contributed by atoms with Crippen molar-refractivity contribution in [3.8, 4) is 5.75 Å². The minimum atomic E-state index is -0.144. The smallest absolute Gasteiger partial charge is 0.230 e. The van der Waals surface area contributed by atoms with Crippen molar-refractivity contribution in [1.82, 2.24) is 15.5 Å². The normalized spacial score (nSPS) is 11.8. The Morgan fingerprint density at radius 1 is 1.30 bits per heavy atom. The van der Waals surface area contributed by atoms with Crippen LogP contribution < -0.4 is 15.4 Å². The summed E-state index contributed by atoms with van der Waals surface area (Å²) in [6.07, 6.45) is 1.63. The molecule has 3 aromatic rings. The van der Waals surface area contributed by atoms with Crippen LogP contribution in [-0.2, 0) is 11.3 Å². The third-order valence-electron chi connectivity index (χ3n) is 3.71. The van der Waals surface area contributed by atoms with Crippen LogP contribution in [0.15, 0.2) is 51.4 Å². The van der Waals surface area contributed by atoms with Gasteiger partial charge in [-0.1, -0.05) is 41.3 Å². The van der Waals surface area contributed by atoms with Crippen LogP contribution in [0.1, 0.15) is 24.3 Å². The van der Waals surface area contributed by atoms with E-state index in [1.54, 1.807) is 13.4 Å². The van der Waals surface area contributed by atoms with Gasteiger partial charge in [0.2, 0.25) is 11.0 Å². The molecular weight excluding hydrogens is 384 g/mol. The van der Waals surface area contributed by atoms with Gasteiger partial charge in [-0.3, -0.25) is 4.79 Å². The molecule has 0 aliphatic heterocycles. The Labute approximate surface area is 165 Å². The van der Waals surface area contributed by atoms with Crippen LogP contribution in [0.4, 0.5) is 5.13 Å². The zero-order valence-electron chi connectivity index (χ0n) is 15.0. The summed E-state index contributed by atoms with van der Waals surface area (Å²) in [4.78, 5) is 12.2. The number of rotatable bonds is 9. The number of para-hydroxylation sites is 1. The topological polar surface area (TPSA) is 89.3 Å². The molecule has 0 fully saturated rings. The van der Waals surface area contributed by atoms with Crippen molar-refractivity contribution in [1.29, 1.82) is 0 Å². The summed E-state index contributed by atoms with van der Waals surface area (Å²) in [5, 5.41) is 15.0. The summed E-state index contributed by atoms with van der Waals surface area (Å²) < 4.78 is 11.3. The quantitative estimate of drug-likeness (QED) is 0.525. The van der Waals surface area contributed by atoms with Gasteiger partial charge in [-0.25, -0.2) is 0 Å². The first-order valence-electron chi connectivity index (χ1n) is 8.30. The fraction of sp³-hybridized carbons (Fsp3) is 0.278. The lowest BCUT2D eigenvalue weighted by Gasteiger charge is -2.16. The maximum absolute atomic E-state index is 12.2. The standard InChI is InChI=1S/C18H20N4O3S2/c1-12(14-7-3-4-8-15(14)24-2)20-16(23)11-26-18-22-21-17(27-18)19-10-13-6-5-9-25-13/h3-9,12H,10-11H2,1-2H3,(H,19,21)(H,20,23). The van der Waals surface area contributed by atoms with Crippen LogP contribution in [-0.4, -0.2) is 29.0 Å². The Kier molecular flexibility index (Phi) is 6.72. The SMILES string of the molecule is COc1ccccc1C(C)NC(=O)CSc1nnc(NCc2ccco2)s1. The maximum Gasteiger partial charge on any atom is 0.230 e. The highest BCUT2D eigenvalue weighted by Gasteiger charge is 2.14. The second-order valence-electron chi connectivity index (χ2n) is 5.63. The second-order valence-corrected chi connectivity index (χ2v) is 7.83. The average molecular weight is 405 g/mol. The highest BCUT2D eigenvalue weighted by Crippen LogP contribution is 2.27. The number of methoxy groups -OCH3 is 1. The minimum absolute atomic E-state index is 0.0706. The van der Waals surface area contributed by atoms with E-state index in [4.69, 9.17) is 9.15 Å². The molecule has 9 heteroatoms. The molecule has 1 amide bonds. The number of aromatic nitrogens is 2. The summed E-state index contributed by atoms with van der Waals surface area (Å²) >= 11 is 2.76. The van der Waals surface area contributed by atoms with E-state index in [0.717, 1.165) is 21.4 Å². The fourth-order valence-electron chi connectivity index (χ4n) is 2.43. The molecule has 1 aromatic carbocycles. The largest absolute Gasteiger partial charge is 0.496 e. The highest BCUT2D eigenvalue weighted by molar-refractivity contribution is 8.01. The monoisotopic (exact) mass is 404 g/mol. The molecule has 0 saturated heterocycles. The number of thioether (sulfide) groups is 1. The molecule has 0 saturated carbocycles. The zero-order valence-corrected chi connectivity index (χ0v) is 16.6. The Balaban J connectivity index is 1.46. The molecule has 27 heavy (non-hydrogen) atoms. The molecule has 3 rings (SSSR count). The van der Waals surface area contributed by atoms with Crippen molar-refractivity contribution >= 4 is 34.1 Å². The summed E-state index contributed by atoms with van der Waals surface area (Å²) in [6, 6.07) is 11.2. The van der Waals surface area contributed by atoms with E-state index in [1.165, 1.54) is 23.1 Å². The fourth-order valence-corrected chi connectivity index (χ4v) is 3.99. The minimum Gasteiger partial charge on any atom is -0.496 e. The number of hydrogen-bond donors (Lipinski definition) is 2. The predicted molar refractivity (Wildman–Crippen MR) is 106 cm³/mol. The van der Waals surface area contributed by atoms with Gasteiger partial charge in [-0.05, 0) is 25.1 Å². The van der Waals surface area contributed by atoms with E-state index < -0.39 is 0 Å². The Morgan fingerprint density at radius 3 is 2.93 bits per heavy atom. The third kappa shape index (κ3) is 5.48. The number of amides is 1. The van der Waals surface area contributed by atoms with Gasteiger partial charge in [0, 0.05) is 5.56 Å². The van der Waals surface area contributed by atoms with Gasteiger partial charge >= 0.3 is 0 Å². The van der Waals surface area contributed by atoms with E-state index >= 15 is 0 Å². The van der Waals surface area contributed by atoms with E-state index in [9.17, 15) is 4.79 Å². The summed E-state index contributed by atoms with van der Waals surface area (Å²) in [5.41, 5.74) is 0.943. The van der Waals surface area contributed by atoms with Crippen LogP contribution >= 0.6 is 23.1 Å². The molecule has 2 heterocycles. The molecule has 2 N–H and O–H groups in total. The van der Waals surface area contributed by atoms with E-state index in [1.807, 2.05) is 43.3 Å². The van der Waals surface area contributed by atoms with Crippen LogP contribution in [0.2, 0.25) is 0 Å². The first kappa shape index (κ1) is 19.2. The van der Waals surface area contributed by atoms with Crippen molar-refractivity contribution < 1.29 is 13.9 Å². The van der Waals surface area contributed by atoms with Crippen molar-refractivity contribution in [3.05, 3.63) is 54.0 Å². The Bertz CT molecular complexity index is 867. The molecule has 142 valence electrons. The van der Waals surface area contributed by atoms with Gasteiger partial charge < -0.3 is 19.8 Å². The lowest BCUT2D eigenvalue weighted by molar-refractivity contribution is -0.119. The van der Waals surface area contributed by atoms with Crippen LogP contribution in [0.25, 0.3) is 0 Å². The van der Waals surface area contributed by atoms with Crippen molar-refractivity contribution in [3.63, 3.8) is 0 Å². The van der Waals surface area contributed by atoms with E-state index in [-0.39, 0.29) is 17.7 Å². The average Bonchev–Trinajstić information content (AvgIpc) is 3.36. The number of benzene rings is 1. The number of nitrogens with one attached hydrogen (secondary N) is 2. The molecule has 1 unspecified atom stereocenters. The number of anilines is 1. The zero-order chi connectivity index (χ0) is 19.1. The first-order chi connectivity index (χ1) is 13.2. The molecule has 0 radical (unpaired) electrons. The molecular formula is C18H20N4O3S2. The number of furan rings is 1. The lowest BCUT2D eigenvalue weighted by Crippen LogP contribution is -2.28. The molecule has 0 aliphatic carbocycles. The van der Waals surface area contributed by atoms with Crippen molar-refractivity contribution in [2.24, 2.45) is 0 Å². The van der Waals surface area contributed by atoms with Gasteiger partial charge in [0.1, 0.15) is 11.5 Å². The van der Waals surface area contributed by atoms with Crippen LogP contribution in [0.5, 0.6) is 5.75 Å². The Morgan fingerprint density at radius 2 is 2.15 bits per heavy atom. The van der Waals surface area contributed by atoms with Gasteiger partial charge in [-0.2, -0.15) is 0 Å². The highest BCUT2D eigenvalue weighted by atomic mass is 32.2. The van der Waals surface area contributed by atoms with Gasteiger partial charge in [0.15, 0.2) is 4.34 Å². The van der Waals surface area contributed by atoms with Gasteiger partial charge in [0.25, 0.3) is 0 Å². The summed E-state index contributed by atoms with van der Waals surface area (Å²) in [6.45, 7) is 2.48. The van der Waals surface area contributed by atoms with Gasteiger partial charge in [-0.15, -0.1) is 10.2 Å². The van der Waals surface area contributed by atoms with E-state index in [0.29, 0.717) is 11.7 Å². The number of carbonyl (C=O) groups is 1. The van der Waals surface area contributed by atoms with Crippen molar-refractivity contribution in [2.45, 2.75) is 23.8 Å². The molecule has 0 bridgehead atoms.